The van der Waals surface area contributed by atoms with Gasteiger partial charge in [0.05, 0.1) is 12.1 Å². The van der Waals surface area contributed by atoms with E-state index >= 15 is 0 Å². The Balaban J connectivity index is 3.60. The van der Waals surface area contributed by atoms with E-state index in [-0.39, 0.29) is 25.7 Å². The largest absolute Gasteiger partial charge is 0.480 e. The van der Waals surface area contributed by atoms with Crippen LogP contribution in [0.2, 0.25) is 0 Å². The molecule has 0 saturated heterocycles. The summed E-state index contributed by atoms with van der Waals surface area (Å²) in [6.07, 6.45) is 0.537. The zero-order chi connectivity index (χ0) is 11.9. The molecule has 0 aliphatic heterocycles. The average molecular weight is 218 g/mol. The van der Waals surface area contributed by atoms with E-state index in [4.69, 9.17) is 15.6 Å². The van der Waals surface area contributed by atoms with Crippen molar-refractivity contribution in [3.8, 4) is 0 Å². The van der Waals surface area contributed by atoms with Crippen LogP contribution in [0.4, 0.5) is 0 Å². The molecule has 4 N–H and O–H groups in total. The summed E-state index contributed by atoms with van der Waals surface area (Å²) in [6, 6.07) is 0. The van der Waals surface area contributed by atoms with Gasteiger partial charge in [0, 0.05) is 6.54 Å². The van der Waals surface area contributed by atoms with Crippen molar-refractivity contribution in [2.45, 2.75) is 25.8 Å². The van der Waals surface area contributed by atoms with Crippen molar-refractivity contribution in [1.29, 1.82) is 0 Å². The topological polar surface area (TPSA) is 102 Å². The van der Waals surface area contributed by atoms with Crippen molar-refractivity contribution in [1.82, 2.24) is 5.32 Å². The van der Waals surface area contributed by atoms with Crippen LogP contribution in [0.3, 0.4) is 0 Å². The Morgan fingerprint density at radius 3 is 2.60 bits per heavy atom. The summed E-state index contributed by atoms with van der Waals surface area (Å²) < 4.78 is 4.74. The second kappa shape index (κ2) is 6.36. The molecule has 0 fully saturated rings. The van der Waals surface area contributed by atoms with Crippen molar-refractivity contribution in [3.63, 3.8) is 0 Å². The Labute approximate surface area is 88.8 Å². The number of amides is 1. The molecule has 0 aromatic carbocycles. The standard InChI is InChI=1S/C9H18N2O4/c1-3-9(2,10)8(14)11-4-5-15-6-7(12)13/h3-6,10H2,1-2H3,(H,11,14)(H,12,13). The normalized spacial score (nSPS) is 14.3. The minimum absolute atomic E-state index is 0.165. The molecule has 0 aromatic rings. The predicted octanol–water partition coefficient (Wildman–Crippen LogP) is -0.669. The van der Waals surface area contributed by atoms with Crippen LogP contribution in [0, 0.1) is 0 Å². The summed E-state index contributed by atoms with van der Waals surface area (Å²) in [6.45, 7) is 3.53. The van der Waals surface area contributed by atoms with Crippen molar-refractivity contribution in [3.05, 3.63) is 0 Å². The molecule has 0 aliphatic rings. The van der Waals surface area contributed by atoms with Gasteiger partial charge in [-0.05, 0) is 13.3 Å². The second-order valence-electron chi connectivity index (χ2n) is 3.47. The molecule has 0 aromatic heterocycles. The lowest BCUT2D eigenvalue weighted by Gasteiger charge is -2.21. The van der Waals surface area contributed by atoms with Gasteiger partial charge in [0.15, 0.2) is 0 Å². The fraction of sp³-hybridized carbons (Fsp3) is 0.778. The number of carboxylic acids is 1. The number of carbonyl (C=O) groups excluding carboxylic acids is 1. The Hall–Kier alpha value is -1.14. The number of hydrogen-bond donors (Lipinski definition) is 3. The molecular weight excluding hydrogens is 200 g/mol. The van der Waals surface area contributed by atoms with Crippen molar-refractivity contribution in [2.24, 2.45) is 5.73 Å². The molecule has 1 amide bonds. The number of carbonyl (C=O) groups is 2. The van der Waals surface area contributed by atoms with Crippen LogP contribution in [0.1, 0.15) is 20.3 Å². The number of carboxylic acid groups (broad SMARTS) is 1. The molecule has 0 aliphatic carbocycles. The zero-order valence-electron chi connectivity index (χ0n) is 9.08. The number of hydrogen-bond acceptors (Lipinski definition) is 4. The van der Waals surface area contributed by atoms with Gasteiger partial charge in [-0.25, -0.2) is 4.79 Å². The Bertz CT molecular complexity index is 228. The molecule has 1 atom stereocenters. The second-order valence-corrected chi connectivity index (χ2v) is 3.47. The monoisotopic (exact) mass is 218 g/mol. The minimum atomic E-state index is -1.03. The van der Waals surface area contributed by atoms with Crippen molar-refractivity contribution < 1.29 is 19.4 Å². The summed E-state index contributed by atoms with van der Waals surface area (Å²) in [5.74, 6) is -1.29. The Kier molecular flexibility index (Phi) is 5.88. The number of ether oxygens (including phenoxy) is 1. The van der Waals surface area contributed by atoms with Crippen molar-refractivity contribution in [2.75, 3.05) is 19.8 Å². The number of rotatable bonds is 7. The first kappa shape index (κ1) is 13.9. The van der Waals surface area contributed by atoms with E-state index in [0.717, 1.165) is 0 Å². The summed E-state index contributed by atoms with van der Waals surface area (Å²) in [5, 5.41) is 10.8. The molecule has 6 nitrogen and oxygen atoms in total. The fourth-order valence-corrected chi connectivity index (χ4v) is 0.759. The lowest BCUT2D eigenvalue weighted by Crippen LogP contribution is -2.51. The summed E-state index contributed by atoms with van der Waals surface area (Å²) in [5.41, 5.74) is 4.79. The minimum Gasteiger partial charge on any atom is -0.480 e. The molecule has 0 radical (unpaired) electrons. The molecule has 15 heavy (non-hydrogen) atoms. The third kappa shape index (κ3) is 6.03. The SMILES string of the molecule is CCC(C)(N)C(=O)NCCOCC(=O)O. The first-order valence-corrected chi connectivity index (χ1v) is 4.77. The molecule has 0 saturated carbocycles. The van der Waals surface area contributed by atoms with E-state index in [1.807, 2.05) is 6.92 Å². The van der Waals surface area contributed by atoms with Gasteiger partial charge < -0.3 is 20.9 Å². The highest BCUT2D eigenvalue weighted by Gasteiger charge is 2.25. The van der Waals surface area contributed by atoms with Gasteiger partial charge in [0.1, 0.15) is 6.61 Å². The highest BCUT2D eigenvalue weighted by atomic mass is 16.5. The smallest absolute Gasteiger partial charge is 0.329 e. The fourth-order valence-electron chi connectivity index (χ4n) is 0.759. The van der Waals surface area contributed by atoms with E-state index in [0.29, 0.717) is 6.42 Å². The van der Waals surface area contributed by atoms with Gasteiger partial charge in [-0.3, -0.25) is 4.79 Å². The zero-order valence-corrected chi connectivity index (χ0v) is 9.08. The molecule has 0 bridgehead atoms. The van der Waals surface area contributed by atoms with Gasteiger partial charge in [0.25, 0.3) is 0 Å². The van der Waals surface area contributed by atoms with Crippen LogP contribution in [0.25, 0.3) is 0 Å². The summed E-state index contributed by atoms with van der Waals surface area (Å²) >= 11 is 0. The maximum atomic E-state index is 11.4. The third-order valence-corrected chi connectivity index (χ3v) is 2.01. The number of aliphatic carboxylic acids is 1. The highest BCUT2D eigenvalue weighted by molar-refractivity contribution is 5.85. The van der Waals surface area contributed by atoms with E-state index in [2.05, 4.69) is 5.32 Å². The van der Waals surface area contributed by atoms with Crippen LogP contribution in [0.15, 0.2) is 0 Å². The third-order valence-electron chi connectivity index (χ3n) is 2.01. The van der Waals surface area contributed by atoms with E-state index < -0.39 is 11.5 Å². The lowest BCUT2D eigenvalue weighted by molar-refractivity contribution is -0.142. The van der Waals surface area contributed by atoms with Gasteiger partial charge in [0.2, 0.25) is 5.91 Å². The molecule has 6 heteroatoms. The molecular formula is C9H18N2O4. The quantitative estimate of drug-likeness (QED) is 0.492. The molecule has 88 valence electrons. The predicted molar refractivity (Wildman–Crippen MR) is 54.3 cm³/mol. The Morgan fingerprint density at radius 2 is 2.13 bits per heavy atom. The van der Waals surface area contributed by atoms with Crippen LogP contribution in [0.5, 0.6) is 0 Å². The first-order valence-electron chi connectivity index (χ1n) is 4.77. The van der Waals surface area contributed by atoms with Crippen LogP contribution >= 0.6 is 0 Å². The number of nitrogens with two attached hydrogens (primary N) is 1. The maximum absolute atomic E-state index is 11.4. The average Bonchev–Trinajstić information content (AvgIpc) is 2.16. The van der Waals surface area contributed by atoms with Gasteiger partial charge in [-0.1, -0.05) is 6.92 Å². The van der Waals surface area contributed by atoms with Crippen LogP contribution in [-0.4, -0.2) is 42.3 Å². The van der Waals surface area contributed by atoms with E-state index in [9.17, 15) is 9.59 Å². The first-order chi connectivity index (χ1) is 6.90. The van der Waals surface area contributed by atoms with Crippen molar-refractivity contribution >= 4 is 11.9 Å². The molecule has 1 unspecified atom stereocenters. The van der Waals surface area contributed by atoms with Crippen LogP contribution in [-0.2, 0) is 14.3 Å². The van der Waals surface area contributed by atoms with Crippen LogP contribution < -0.4 is 11.1 Å². The Morgan fingerprint density at radius 1 is 1.53 bits per heavy atom. The molecule has 0 rings (SSSR count). The van der Waals surface area contributed by atoms with Gasteiger partial charge in [-0.2, -0.15) is 0 Å². The van der Waals surface area contributed by atoms with Gasteiger partial charge in [-0.15, -0.1) is 0 Å². The lowest BCUT2D eigenvalue weighted by atomic mass is 10.00. The maximum Gasteiger partial charge on any atom is 0.329 e. The summed E-state index contributed by atoms with van der Waals surface area (Å²) in [7, 11) is 0. The molecule has 0 spiro atoms. The van der Waals surface area contributed by atoms with E-state index in [1.54, 1.807) is 6.92 Å². The summed E-state index contributed by atoms with van der Waals surface area (Å²) in [4.78, 5) is 21.5. The highest BCUT2D eigenvalue weighted by Crippen LogP contribution is 2.03. The van der Waals surface area contributed by atoms with E-state index in [1.165, 1.54) is 0 Å². The number of nitrogens with one attached hydrogen (secondary N) is 1. The van der Waals surface area contributed by atoms with Gasteiger partial charge >= 0.3 is 5.97 Å². The molecule has 0 heterocycles.